The van der Waals surface area contributed by atoms with Gasteiger partial charge in [-0.15, -0.1) is 0 Å². The number of rotatable bonds is 6. The molecule has 0 bridgehead atoms. The van der Waals surface area contributed by atoms with Crippen LogP contribution in [-0.4, -0.2) is 55.3 Å². The molecule has 2 aromatic carbocycles. The van der Waals surface area contributed by atoms with E-state index < -0.39 is 0 Å². The summed E-state index contributed by atoms with van der Waals surface area (Å²) in [4.78, 5) is 15.4. The zero-order valence-corrected chi connectivity index (χ0v) is 16.9. The molecule has 1 aliphatic rings. The summed E-state index contributed by atoms with van der Waals surface area (Å²) in [5.41, 5.74) is 2.92. The van der Waals surface area contributed by atoms with Crippen LogP contribution in [0.4, 0.5) is 0 Å². The van der Waals surface area contributed by atoms with Crippen molar-refractivity contribution in [2.75, 3.05) is 40.0 Å². The number of carbonyl (C=O) groups excluding carboxylic acids is 1. The number of aromatic nitrogens is 1. The van der Waals surface area contributed by atoms with Crippen molar-refractivity contribution in [3.05, 3.63) is 65.9 Å². The average molecular weight is 393 g/mol. The van der Waals surface area contributed by atoms with E-state index in [2.05, 4.69) is 22.3 Å². The molecule has 1 N–H and O–H groups in total. The van der Waals surface area contributed by atoms with Gasteiger partial charge in [0.1, 0.15) is 5.75 Å². The fourth-order valence-corrected chi connectivity index (χ4v) is 3.98. The van der Waals surface area contributed by atoms with Crippen molar-refractivity contribution in [2.24, 2.45) is 7.05 Å². The second-order valence-corrected chi connectivity index (χ2v) is 7.32. The minimum absolute atomic E-state index is 0.0476. The molecule has 1 saturated heterocycles. The van der Waals surface area contributed by atoms with Crippen LogP contribution in [0.3, 0.4) is 0 Å². The van der Waals surface area contributed by atoms with E-state index in [0.717, 1.165) is 35.3 Å². The molecular weight excluding hydrogens is 366 g/mol. The number of para-hydroxylation sites is 1. The number of morpholine rings is 1. The van der Waals surface area contributed by atoms with E-state index in [1.807, 2.05) is 54.2 Å². The Balaban J connectivity index is 1.54. The molecule has 152 valence electrons. The van der Waals surface area contributed by atoms with Gasteiger partial charge in [-0.2, -0.15) is 0 Å². The second kappa shape index (κ2) is 8.68. The van der Waals surface area contributed by atoms with Gasteiger partial charge in [0.25, 0.3) is 5.91 Å². The first-order valence-corrected chi connectivity index (χ1v) is 9.95. The lowest BCUT2D eigenvalue weighted by Crippen LogP contribution is -2.43. The Morgan fingerprint density at radius 2 is 1.86 bits per heavy atom. The number of amides is 1. The topological polar surface area (TPSA) is 55.7 Å². The summed E-state index contributed by atoms with van der Waals surface area (Å²) in [6, 6.07) is 16.1. The molecule has 29 heavy (non-hydrogen) atoms. The van der Waals surface area contributed by atoms with Crippen molar-refractivity contribution in [3.63, 3.8) is 0 Å². The number of nitrogens with zero attached hydrogens (tertiary/aromatic N) is 2. The van der Waals surface area contributed by atoms with Crippen LogP contribution in [0.2, 0.25) is 0 Å². The molecule has 0 aliphatic carbocycles. The fourth-order valence-electron chi connectivity index (χ4n) is 3.98. The number of benzene rings is 2. The molecule has 3 aromatic rings. The van der Waals surface area contributed by atoms with E-state index in [4.69, 9.17) is 9.47 Å². The highest BCUT2D eigenvalue weighted by Crippen LogP contribution is 2.25. The molecule has 1 atom stereocenters. The summed E-state index contributed by atoms with van der Waals surface area (Å²) < 4.78 is 12.8. The first-order chi connectivity index (χ1) is 14.2. The highest BCUT2D eigenvalue weighted by atomic mass is 16.5. The van der Waals surface area contributed by atoms with Crippen LogP contribution in [0.5, 0.6) is 5.75 Å². The summed E-state index contributed by atoms with van der Waals surface area (Å²) in [7, 11) is 3.63. The lowest BCUT2D eigenvalue weighted by Gasteiger charge is -2.35. The van der Waals surface area contributed by atoms with Crippen molar-refractivity contribution in [1.29, 1.82) is 0 Å². The Bertz CT molecular complexity index is 975. The Morgan fingerprint density at radius 1 is 1.14 bits per heavy atom. The molecule has 0 spiro atoms. The summed E-state index contributed by atoms with van der Waals surface area (Å²) in [6.45, 7) is 3.66. The Labute approximate surface area is 171 Å². The number of nitrogens with one attached hydrogen (secondary N) is 1. The quantitative estimate of drug-likeness (QED) is 0.700. The van der Waals surface area contributed by atoms with Gasteiger partial charge in [0.15, 0.2) is 0 Å². The maximum atomic E-state index is 13.0. The zero-order valence-electron chi connectivity index (χ0n) is 16.9. The number of hydrogen-bond donors (Lipinski definition) is 1. The minimum atomic E-state index is -0.0476. The molecule has 1 aliphatic heterocycles. The highest BCUT2D eigenvalue weighted by Gasteiger charge is 2.24. The second-order valence-electron chi connectivity index (χ2n) is 7.32. The maximum absolute atomic E-state index is 13.0. The van der Waals surface area contributed by atoms with Crippen molar-refractivity contribution in [1.82, 2.24) is 14.8 Å². The molecule has 0 saturated carbocycles. The Morgan fingerprint density at radius 3 is 2.59 bits per heavy atom. The molecule has 1 unspecified atom stereocenters. The van der Waals surface area contributed by atoms with Gasteiger partial charge >= 0.3 is 0 Å². The van der Waals surface area contributed by atoms with Crippen LogP contribution >= 0.6 is 0 Å². The van der Waals surface area contributed by atoms with Gasteiger partial charge < -0.3 is 19.4 Å². The summed E-state index contributed by atoms with van der Waals surface area (Å²) >= 11 is 0. The van der Waals surface area contributed by atoms with Crippen molar-refractivity contribution >= 4 is 16.8 Å². The molecule has 6 heteroatoms. The van der Waals surface area contributed by atoms with Gasteiger partial charge in [0, 0.05) is 43.8 Å². The monoisotopic (exact) mass is 393 g/mol. The molecule has 4 rings (SSSR count). The third-order valence-electron chi connectivity index (χ3n) is 5.58. The fraction of sp³-hybridized carbons (Fsp3) is 0.348. The molecule has 1 amide bonds. The Hall–Kier alpha value is -2.83. The smallest absolute Gasteiger partial charge is 0.253 e. The van der Waals surface area contributed by atoms with Crippen LogP contribution in [0.15, 0.2) is 54.7 Å². The van der Waals surface area contributed by atoms with E-state index in [-0.39, 0.29) is 11.9 Å². The summed E-state index contributed by atoms with van der Waals surface area (Å²) in [6.07, 6.45) is 1.90. The number of fused-ring (bicyclic) bond motifs is 1. The SMILES string of the molecule is COc1ccc(C(CNC(=O)c2cn(C)c3ccccc23)N2CCOCC2)cc1. The predicted octanol–water partition coefficient (Wildman–Crippen LogP) is 2.99. The Kier molecular flexibility index (Phi) is 5.83. The average Bonchev–Trinajstić information content (AvgIpc) is 3.12. The third kappa shape index (κ3) is 4.13. The van der Waals surface area contributed by atoms with Gasteiger partial charge in [0.2, 0.25) is 0 Å². The third-order valence-corrected chi connectivity index (χ3v) is 5.58. The minimum Gasteiger partial charge on any atom is -0.497 e. The number of aryl methyl sites for hydroxylation is 1. The van der Waals surface area contributed by atoms with E-state index in [1.54, 1.807) is 7.11 Å². The van der Waals surface area contributed by atoms with Crippen LogP contribution in [0.1, 0.15) is 22.0 Å². The van der Waals surface area contributed by atoms with Gasteiger partial charge in [-0.1, -0.05) is 30.3 Å². The number of ether oxygens (including phenoxy) is 2. The maximum Gasteiger partial charge on any atom is 0.253 e. The van der Waals surface area contributed by atoms with Crippen molar-refractivity contribution in [3.8, 4) is 5.75 Å². The normalized spacial score (nSPS) is 15.9. The van der Waals surface area contributed by atoms with Crippen LogP contribution < -0.4 is 10.1 Å². The highest BCUT2D eigenvalue weighted by molar-refractivity contribution is 6.06. The lowest BCUT2D eigenvalue weighted by atomic mass is 10.0. The van der Waals surface area contributed by atoms with Gasteiger partial charge in [-0.3, -0.25) is 9.69 Å². The summed E-state index contributed by atoms with van der Waals surface area (Å²) in [5, 5.41) is 4.14. The first-order valence-electron chi connectivity index (χ1n) is 9.95. The van der Waals surface area contributed by atoms with E-state index in [1.165, 1.54) is 0 Å². The number of hydrogen-bond acceptors (Lipinski definition) is 4. The molecule has 0 radical (unpaired) electrons. The van der Waals surface area contributed by atoms with Gasteiger partial charge in [-0.25, -0.2) is 0 Å². The van der Waals surface area contributed by atoms with Gasteiger partial charge in [0.05, 0.1) is 31.9 Å². The van der Waals surface area contributed by atoms with E-state index >= 15 is 0 Å². The van der Waals surface area contributed by atoms with Gasteiger partial charge in [-0.05, 0) is 23.8 Å². The molecule has 6 nitrogen and oxygen atoms in total. The first kappa shape index (κ1) is 19.5. The zero-order chi connectivity index (χ0) is 20.2. The predicted molar refractivity (Wildman–Crippen MR) is 113 cm³/mol. The van der Waals surface area contributed by atoms with E-state index in [0.29, 0.717) is 25.3 Å². The van der Waals surface area contributed by atoms with Crippen LogP contribution in [-0.2, 0) is 11.8 Å². The summed E-state index contributed by atoms with van der Waals surface area (Å²) in [5.74, 6) is 0.780. The van der Waals surface area contributed by atoms with Crippen LogP contribution in [0, 0.1) is 0 Å². The number of carbonyl (C=O) groups is 1. The largest absolute Gasteiger partial charge is 0.497 e. The molecule has 2 heterocycles. The molecule has 1 aromatic heterocycles. The van der Waals surface area contributed by atoms with Crippen molar-refractivity contribution < 1.29 is 14.3 Å². The van der Waals surface area contributed by atoms with Crippen LogP contribution in [0.25, 0.3) is 10.9 Å². The lowest BCUT2D eigenvalue weighted by molar-refractivity contribution is 0.0162. The number of methoxy groups -OCH3 is 1. The van der Waals surface area contributed by atoms with Crippen molar-refractivity contribution in [2.45, 2.75) is 6.04 Å². The standard InChI is InChI=1S/C23H27N3O3/c1-25-16-20(19-5-3-4-6-21(19)25)23(27)24-15-22(26-11-13-29-14-12-26)17-7-9-18(28-2)10-8-17/h3-10,16,22H,11-15H2,1-2H3,(H,24,27). The molecule has 1 fully saturated rings. The van der Waals surface area contributed by atoms with E-state index in [9.17, 15) is 4.79 Å². The molecular formula is C23H27N3O3.